The highest BCUT2D eigenvalue weighted by atomic mass is 19.4. The van der Waals surface area contributed by atoms with Gasteiger partial charge in [-0.1, -0.05) is 17.3 Å². The van der Waals surface area contributed by atoms with Crippen molar-refractivity contribution < 1.29 is 22.4 Å². The summed E-state index contributed by atoms with van der Waals surface area (Å²) in [5, 5.41) is 4.77. The minimum atomic E-state index is -4.49. The van der Waals surface area contributed by atoms with Gasteiger partial charge in [0.05, 0.1) is 16.6 Å². The highest BCUT2D eigenvalue weighted by Crippen LogP contribution is 2.43. The average Bonchev–Trinajstić information content (AvgIpc) is 3.27. The number of benzene rings is 1. The van der Waals surface area contributed by atoms with Crippen LogP contribution in [-0.2, 0) is 6.18 Å². The van der Waals surface area contributed by atoms with Crippen LogP contribution in [0.15, 0.2) is 40.9 Å². The van der Waals surface area contributed by atoms with E-state index in [0.717, 1.165) is 30.0 Å². The van der Waals surface area contributed by atoms with Crippen LogP contribution in [0.4, 0.5) is 13.2 Å². The number of rotatable bonds is 3. The number of alkyl halides is 3. The highest BCUT2D eigenvalue weighted by Gasteiger charge is 2.34. The van der Waals surface area contributed by atoms with E-state index >= 15 is 0 Å². The lowest BCUT2D eigenvalue weighted by Gasteiger charge is -2.12. The normalized spacial score (nSPS) is 15.1. The lowest BCUT2D eigenvalue weighted by molar-refractivity contribution is -0.138. The molecule has 1 aromatic carbocycles. The first-order valence-electron chi connectivity index (χ1n) is 7.13. The third-order valence-corrected chi connectivity index (χ3v) is 3.71. The molecule has 3 aromatic rings. The van der Waals surface area contributed by atoms with Gasteiger partial charge < -0.3 is 9.26 Å². The molecule has 0 bridgehead atoms. The van der Waals surface area contributed by atoms with Crippen molar-refractivity contribution in [3.63, 3.8) is 0 Å². The van der Waals surface area contributed by atoms with Gasteiger partial charge in [0.1, 0.15) is 5.75 Å². The Morgan fingerprint density at radius 3 is 2.61 bits per heavy atom. The molecule has 1 fully saturated rings. The Morgan fingerprint density at radius 2 is 1.87 bits per heavy atom. The van der Waals surface area contributed by atoms with Gasteiger partial charge in [-0.15, -0.1) is 0 Å². The molecule has 0 unspecified atom stereocenters. The molecule has 2 heterocycles. The van der Waals surface area contributed by atoms with E-state index in [9.17, 15) is 13.2 Å². The van der Waals surface area contributed by atoms with Crippen LogP contribution in [0, 0.1) is 0 Å². The second-order valence-corrected chi connectivity index (χ2v) is 5.44. The molecule has 1 saturated carbocycles. The fourth-order valence-corrected chi connectivity index (χ4v) is 2.44. The molecule has 0 spiro atoms. The molecule has 0 radical (unpaired) electrons. The minimum absolute atomic E-state index is 0.0349. The van der Waals surface area contributed by atoms with Gasteiger partial charge in [0.15, 0.2) is 0 Å². The molecule has 0 aliphatic heterocycles. The van der Waals surface area contributed by atoms with Gasteiger partial charge in [-0.2, -0.15) is 18.2 Å². The Hall–Kier alpha value is -2.57. The zero-order valence-corrected chi connectivity index (χ0v) is 11.8. The molecule has 0 N–H and O–H groups in total. The number of pyridine rings is 1. The zero-order chi connectivity index (χ0) is 16.0. The van der Waals surface area contributed by atoms with Gasteiger partial charge in [0.2, 0.25) is 5.88 Å². The fourth-order valence-electron chi connectivity index (χ4n) is 2.44. The van der Waals surface area contributed by atoms with Crippen LogP contribution in [0.25, 0.3) is 11.1 Å². The Labute approximate surface area is 128 Å². The number of aromatic nitrogens is 2. The van der Waals surface area contributed by atoms with Crippen LogP contribution >= 0.6 is 0 Å². The number of hydrogen-bond donors (Lipinski definition) is 0. The van der Waals surface area contributed by atoms with Gasteiger partial charge in [-0.3, -0.25) is 0 Å². The van der Waals surface area contributed by atoms with Crippen molar-refractivity contribution >= 4 is 11.1 Å². The topological polar surface area (TPSA) is 48.2 Å². The average molecular weight is 320 g/mol. The van der Waals surface area contributed by atoms with Gasteiger partial charge in [0, 0.05) is 12.0 Å². The Bertz CT molecular complexity index is 869. The lowest BCUT2D eigenvalue weighted by atomic mass is 10.2. The number of hydrogen-bond acceptors (Lipinski definition) is 4. The number of para-hydroxylation sites is 1. The Morgan fingerprint density at radius 1 is 1.09 bits per heavy atom. The summed E-state index contributed by atoms with van der Waals surface area (Å²) >= 11 is 0. The molecule has 1 aliphatic rings. The van der Waals surface area contributed by atoms with Crippen molar-refractivity contribution in [1.29, 1.82) is 0 Å². The van der Waals surface area contributed by atoms with Gasteiger partial charge in [-0.05, 0) is 31.0 Å². The molecule has 1 aliphatic carbocycles. The van der Waals surface area contributed by atoms with Crippen molar-refractivity contribution in [3.8, 4) is 11.6 Å². The van der Waals surface area contributed by atoms with Crippen LogP contribution in [0.5, 0.6) is 11.6 Å². The molecular formula is C16H11F3N2O2. The van der Waals surface area contributed by atoms with Crippen molar-refractivity contribution in [2.75, 3.05) is 0 Å². The quantitative estimate of drug-likeness (QED) is 0.688. The van der Waals surface area contributed by atoms with Crippen LogP contribution in [-0.4, -0.2) is 10.1 Å². The summed E-state index contributed by atoms with van der Waals surface area (Å²) in [4.78, 5) is 4.11. The van der Waals surface area contributed by atoms with Crippen molar-refractivity contribution in [1.82, 2.24) is 10.1 Å². The SMILES string of the molecule is FC(F)(F)c1ccccc1Oc1ccc2c(C3CC3)noc2n1. The molecule has 0 saturated heterocycles. The zero-order valence-electron chi connectivity index (χ0n) is 11.8. The Balaban J connectivity index is 1.68. The van der Waals surface area contributed by atoms with Crippen LogP contribution in [0.2, 0.25) is 0 Å². The summed E-state index contributed by atoms with van der Waals surface area (Å²) in [5.74, 6) is 0.136. The van der Waals surface area contributed by atoms with E-state index in [-0.39, 0.29) is 17.3 Å². The summed E-state index contributed by atoms with van der Waals surface area (Å²) < 4.78 is 49.4. The fraction of sp³-hybridized carbons (Fsp3) is 0.250. The maximum atomic E-state index is 13.0. The van der Waals surface area contributed by atoms with Crippen LogP contribution in [0.3, 0.4) is 0 Å². The number of fused-ring (bicyclic) bond motifs is 1. The summed E-state index contributed by atoms with van der Waals surface area (Å²) in [7, 11) is 0. The molecule has 0 atom stereocenters. The van der Waals surface area contributed by atoms with Gasteiger partial charge >= 0.3 is 6.18 Å². The summed E-state index contributed by atoms with van der Waals surface area (Å²) in [6, 6.07) is 8.25. The van der Waals surface area contributed by atoms with Crippen molar-refractivity contribution in [3.05, 3.63) is 47.7 Å². The number of ether oxygens (including phenoxy) is 1. The molecule has 118 valence electrons. The van der Waals surface area contributed by atoms with Crippen LogP contribution in [0.1, 0.15) is 30.0 Å². The lowest BCUT2D eigenvalue weighted by Crippen LogP contribution is -2.07. The third kappa shape index (κ3) is 2.62. The molecule has 4 rings (SSSR count). The Kier molecular flexibility index (Phi) is 3.04. The minimum Gasteiger partial charge on any atom is -0.438 e. The molecular weight excluding hydrogens is 309 g/mol. The number of halogens is 3. The predicted octanol–water partition coefficient (Wildman–Crippen LogP) is 4.91. The molecule has 0 amide bonds. The number of nitrogens with zero attached hydrogens (tertiary/aromatic N) is 2. The highest BCUT2D eigenvalue weighted by molar-refractivity contribution is 5.77. The second kappa shape index (κ2) is 4.97. The van der Waals surface area contributed by atoms with Gasteiger partial charge in [-0.25, -0.2) is 0 Å². The van der Waals surface area contributed by atoms with E-state index in [2.05, 4.69) is 10.1 Å². The molecule has 2 aromatic heterocycles. The van der Waals surface area contributed by atoms with E-state index in [1.54, 1.807) is 6.07 Å². The van der Waals surface area contributed by atoms with Gasteiger partial charge in [0.25, 0.3) is 5.71 Å². The van der Waals surface area contributed by atoms with E-state index in [4.69, 9.17) is 9.26 Å². The maximum absolute atomic E-state index is 13.0. The van der Waals surface area contributed by atoms with Crippen molar-refractivity contribution in [2.24, 2.45) is 0 Å². The molecule has 7 heteroatoms. The largest absolute Gasteiger partial charge is 0.438 e. The van der Waals surface area contributed by atoms with E-state index in [1.165, 1.54) is 24.3 Å². The van der Waals surface area contributed by atoms with E-state index < -0.39 is 11.7 Å². The maximum Gasteiger partial charge on any atom is 0.419 e. The smallest absolute Gasteiger partial charge is 0.419 e. The molecule has 4 nitrogen and oxygen atoms in total. The first kappa shape index (κ1) is 14.0. The summed E-state index contributed by atoms with van der Waals surface area (Å²) in [6.07, 6.45) is -2.36. The van der Waals surface area contributed by atoms with E-state index in [0.29, 0.717) is 5.92 Å². The summed E-state index contributed by atoms with van der Waals surface area (Å²) in [5.41, 5.74) is 0.279. The monoisotopic (exact) mass is 320 g/mol. The summed E-state index contributed by atoms with van der Waals surface area (Å²) in [6.45, 7) is 0. The first-order valence-corrected chi connectivity index (χ1v) is 7.13. The first-order chi connectivity index (χ1) is 11.0. The van der Waals surface area contributed by atoms with Crippen molar-refractivity contribution in [2.45, 2.75) is 24.9 Å². The predicted molar refractivity (Wildman–Crippen MR) is 75.3 cm³/mol. The van der Waals surface area contributed by atoms with E-state index in [1.807, 2.05) is 0 Å². The second-order valence-electron chi connectivity index (χ2n) is 5.44. The molecule has 23 heavy (non-hydrogen) atoms. The van der Waals surface area contributed by atoms with Crippen LogP contribution < -0.4 is 4.74 Å². The third-order valence-electron chi connectivity index (χ3n) is 3.71. The standard InChI is InChI=1S/C16H11F3N2O2/c17-16(18,19)11-3-1-2-4-12(11)22-13-8-7-10-14(9-5-6-9)21-23-15(10)20-13/h1-4,7-9H,5-6H2.